The van der Waals surface area contributed by atoms with E-state index in [9.17, 15) is 22.8 Å². The maximum Gasteiger partial charge on any atom is 0.416 e. The van der Waals surface area contributed by atoms with Gasteiger partial charge in [0.1, 0.15) is 11.4 Å². The van der Waals surface area contributed by atoms with E-state index in [-0.39, 0.29) is 29.7 Å². The molecule has 184 valence electrons. The summed E-state index contributed by atoms with van der Waals surface area (Å²) in [6.07, 6.45) is -0.240. The number of imidazole rings is 1. The maximum atomic E-state index is 13.3. The first-order valence-electron chi connectivity index (χ1n) is 11.5. The Morgan fingerprint density at radius 2 is 1.83 bits per heavy atom. The molecule has 0 bridgehead atoms. The lowest BCUT2D eigenvalue weighted by Gasteiger charge is -2.36. The summed E-state index contributed by atoms with van der Waals surface area (Å²) in [6, 6.07) is 8.11. The predicted molar refractivity (Wildman–Crippen MR) is 121 cm³/mol. The molecule has 2 aliphatic heterocycles. The van der Waals surface area contributed by atoms with Gasteiger partial charge in [-0.2, -0.15) is 13.2 Å². The zero-order valence-electron chi connectivity index (χ0n) is 19.3. The SMILES string of the molecule is Cc1cn(-c2ccc3n(c2=O)C[C@H](C)N(C[C@H]2CC[C@@H](c4ccc(C(F)(F)F)cc4)O2)C3=O)cn1. The van der Waals surface area contributed by atoms with Crippen LogP contribution in [-0.2, 0) is 17.5 Å². The van der Waals surface area contributed by atoms with Crippen LogP contribution in [0.2, 0.25) is 0 Å². The fourth-order valence-electron chi connectivity index (χ4n) is 4.85. The first-order chi connectivity index (χ1) is 16.6. The van der Waals surface area contributed by atoms with Crippen LogP contribution >= 0.6 is 0 Å². The van der Waals surface area contributed by atoms with Crippen LogP contribution in [-0.4, -0.2) is 43.6 Å². The van der Waals surface area contributed by atoms with Crippen molar-refractivity contribution in [2.24, 2.45) is 0 Å². The Morgan fingerprint density at radius 1 is 1.09 bits per heavy atom. The molecule has 35 heavy (non-hydrogen) atoms. The van der Waals surface area contributed by atoms with E-state index in [1.54, 1.807) is 34.1 Å². The van der Waals surface area contributed by atoms with Gasteiger partial charge >= 0.3 is 6.18 Å². The molecule has 1 fully saturated rings. The minimum Gasteiger partial charge on any atom is -0.368 e. The van der Waals surface area contributed by atoms with Crippen molar-refractivity contribution in [1.29, 1.82) is 0 Å². The largest absolute Gasteiger partial charge is 0.416 e. The first-order valence-corrected chi connectivity index (χ1v) is 11.5. The van der Waals surface area contributed by atoms with Crippen molar-refractivity contribution >= 4 is 5.91 Å². The van der Waals surface area contributed by atoms with Gasteiger partial charge in [0.2, 0.25) is 0 Å². The van der Waals surface area contributed by atoms with Gasteiger partial charge in [-0.3, -0.25) is 9.59 Å². The number of ether oxygens (including phenoxy) is 1. The lowest BCUT2D eigenvalue weighted by Crippen LogP contribution is -2.52. The summed E-state index contributed by atoms with van der Waals surface area (Å²) in [6.45, 7) is 4.44. The molecule has 0 unspecified atom stereocenters. The van der Waals surface area contributed by atoms with Crippen molar-refractivity contribution in [2.75, 3.05) is 6.54 Å². The summed E-state index contributed by atoms with van der Waals surface area (Å²) in [4.78, 5) is 32.3. The van der Waals surface area contributed by atoms with Crippen LogP contribution in [0.1, 0.15) is 53.2 Å². The number of pyridine rings is 1. The van der Waals surface area contributed by atoms with Crippen molar-refractivity contribution in [2.45, 2.75) is 57.7 Å². The van der Waals surface area contributed by atoms with Gasteiger partial charge in [0.05, 0.1) is 29.8 Å². The lowest BCUT2D eigenvalue weighted by molar-refractivity contribution is -0.137. The molecular formula is C25H25F3N4O3. The number of fused-ring (bicyclic) bond motifs is 1. The summed E-state index contributed by atoms with van der Waals surface area (Å²) in [7, 11) is 0. The van der Waals surface area contributed by atoms with Gasteiger partial charge in [0.25, 0.3) is 11.5 Å². The number of rotatable bonds is 4. The number of hydrogen-bond acceptors (Lipinski definition) is 4. The van der Waals surface area contributed by atoms with Crippen LogP contribution in [0.4, 0.5) is 13.2 Å². The summed E-state index contributed by atoms with van der Waals surface area (Å²) >= 11 is 0. The maximum absolute atomic E-state index is 13.3. The van der Waals surface area contributed by atoms with Crippen LogP contribution in [0.15, 0.2) is 53.7 Å². The van der Waals surface area contributed by atoms with Gasteiger partial charge in [-0.1, -0.05) is 12.1 Å². The van der Waals surface area contributed by atoms with E-state index in [2.05, 4.69) is 4.98 Å². The number of carbonyl (C=O) groups excluding carboxylic acids is 1. The van der Waals surface area contributed by atoms with Gasteiger partial charge in [0.15, 0.2) is 0 Å². The second-order valence-corrected chi connectivity index (χ2v) is 9.19. The van der Waals surface area contributed by atoms with Gasteiger partial charge in [-0.15, -0.1) is 0 Å². The number of halogens is 3. The molecule has 5 rings (SSSR count). The van der Waals surface area contributed by atoms with Gasteiger partial charge in [-0.25, -0.2) is 4.98 Å². The van der Waals surface area contributed by atoms with Crippen molar-refractivity contribution in [3.8, 4) is 5.69 Å². The number of amides is 1. The topological polar surface area (TPSA) is 69.4 Å². The molecule has 0 aliphatic carbocycles. The molecule has 10 heteroatoms. The van der Waals surface area contributed by atoms with Crippen LogP contribution < -0.4 is 5.56 Å². The third-order valence-corrected chi connectivity index (χ3v) is 6.72. The quantitative estimate of drug-likeness (QED) is 0.556. The second-order valence-electron chi connectivity index (χ2n) is 9.19. The van der Waals surface area contributed by atoms with Gasteiger partial charge in [0, 0.05) is 25.3 Å². The van der Waals surface area contributed by atoms with E-state index in [0.29, 0.717) is 42.9 Å². The van der Waals surface area contributed by atoms with Crippen LogP contribution in [0, 0.1) is 6.92 Å². The van der Waals surface area contributed by atoms with Crippen molar-refractivity contribution in [1.82, 2.24) is 19.0 Å². The van der Waals surface area contributed by atoms with Crippen LogP contribution in [0.25, 0.3) is 5.69 Å². The fourth-order valence-corrected chi connectivity index (χ4v) is 4.85. The number of aromatic nitrogens is 3. The smallest absolute Gasteiger partial charge is 0.368 e. The standard InChI is InChI=1S/C25H25F3N4O3/c1-15-11-30(14-29-15)20-8-9-21-24(34)31(16(2)12-32(21)23(20)33)13-19-7-10-22(35-19)17-3-5-18(6-4-17)25(26,27)28/h3-6,8-9,11,14,16,19,22H,7,10,12-13H2,1-2H3/t16-,19+,22-/m0/s1. The molecule has 3 aromatic rings. The number of nitrogens with zero attached hydrogens (tertiary/aromatic N) is 4. The Labute approximate surface area is 199 Å². The van der Waals surface area contributed by atoms with Gasteiger partial charge < -0.3 is 18.8 Å². The molecule has 0 N–H and O–H groups in total. The monoisotopic (exact) mass is 486 g/mol. The Balaban J connectivity index is 1.30. The van der Waals surface area contributed by atoms with Crippen molar-refractivity contribution in [3.63, 3.8) is 0 Å². The number of carbonyl (C=O) groups is 1. The average molecular weight is 486 g/mol. The second kappa shape index (κ2) is 8.67. The van der Waals surface area contributed by atoms with E-state index in [0.717, 1.165) is 17.8 Å². The molecular weight excluding hydrogens is 461 g/mol. The molecule has 2 aromatic heterocycles. The summed E-state index contributed by atoms with van der Waals surface area (Å²) < 4.78 is 47.8. The highest BCUT2D eigenvalue weighted by molar-refractivity contribution is 5.93. The first kappa shape index (κ1) is 23.3. The van der Waals surface area contributed by atoms with E-state index in [1.165, 1.54) is 16.7 Å². The molecule has 3 atom stereocenters. The highest BCUT2D eigenvalue weighted by Gasteiger charge is 2.36. The molecule has 1 amide bonds. The molecule has 2 aliphatic rings. The summed E-state index contributed by atoms with van der Waals surface area (Å²) in [5, 5.41) is 0. The minimum absolute atomic E-state index is 0.221. The number of hydrogen-bond donors (Lipinski definition) is 0. The minimum atomic E-state index is -4.38. The Morgan fingerprint density at radius 3 is 2.49 bits per heavy atom. The number of aryl methyl sites for hydroxylation is 1. The van der Waals surface area contributed by atoms with Gasteiger partial charge in [-0.05, 0) is 56.5 Å². The number of benzene rings is 1. The normalized spacial score (nSPS) is 22.5. The molecule has 0 saturated carbocycles. The van der Waals surface area contributed by atoms with Crippen molar-refractivity contribution in [3.05, 3.63) is 81.8 Å². The molecule has 1 aromatic carbocycles. The molecule has 4 heterocycles. The van der Waals surface area contributed by atoms with Crippen LogP contribution in [0.3, 0.4) is 0 Å². The van der Waals surface area contributed by atoms with E-state index in [4.69, 9.17) is 4.74 Å². The predicted octanol–water partition coefficient (Wildman–Crippen LogP) is 4.13. The zero-order valence-corrected chi connectivity index (χ0v) is 19.3. The fraction of sp³-hybridized carbons (Fsp3) is 0.400. The zero-order chi connectivity index (χ0) is 24.9. The van der Waals surface area contributed by atoms with E-state index >= 15 is 0 Å². The summed E-state index contributed by atoms with van der Waals surface area (Å²) in [5.74, 6) is -0.240. The molecule has 1 saturated heterocycles. The summed E-state index contributed by atoms with van der Waals surface area (Å²) in [5.41, 5.74) is 1.29. The van der Waals surface area contributed by atoms with Crippen LogP contribution in [0.5, 0.6) is 0 Å². The third kappa shape index (κ3) is 4.38. The number of alkyl halides is 3. The Hall–Kier alpha value is -3.40. The average Bonchev–Trinajstić information content (AvgIpc) is 3.46. The highest BCUT2D eigenvalue weighted by Crippen LogP contribution is 2.36. The lowest BCUT2D eigenvalue weighted by atomic mass is 10.0. The Kier molecular flexibility index (Phi) is 5.79. The van der Waals surface area contributed by atoms with Crippen molar-refractivity contribution < 1.29 is 22.7 Å². The Bertz CT molecular complexity index is 1310. The van der Waals surface area contributed by atoms with E-state index < -0.39 is 11.7 Å². The molecule has 0 spiro atoms. The molecule has 0 radical (unpaired) electrons. The third-order valence-electron chi connectivity index (χ3n) is 6.72. The van der Waals surface area contributed by atoms with E-state index in [1.807, 2.05) is 13.8 Å². The molecule has 7 nitrogen and oxygen atoms in total. The highest BCUT2D eigenvalue weighted by atomic mass is 19.4.